The van der Waals surface area contributed by atoms with E-state index in [0.717, 1.165) is 12.0 Å². The normalized spacial score (nSPS) is 10.9. The van der Waals surface area contributed by atoms with Gasteiger partial charge in [-0.1, -0.05) is 24.6 Å². The number of ether oxygens (including phenoxy) is 2. The molecular weight excluding hydrogens is 408 g/mol. The van der Waals surface area contributed by atoms with Crippen LogP contribution >= 0.6 is 15.9 Å². The molecule has 27 heavy (non-hydrogen) atoms. The van der Waals surface area contributed by atoms with Crippen molar-refractivity contribution in [3.05, 3.63) is 57.6 Å². The number of methoxy groups -OCH3 is 1. The van der Waals surface area contributed by atoms with Crippen molar-refractivity contribution in [2.24, 2.45) is 0 Å². The number of benzene rings is 2. The highest BCUT2D eigenvalue weighted by molar-refractivity contribution is 9.10. The van der Waals surface area contributed by atoms with Gasteiger partial charge in [-0.25, -0.2) is 0 Å². The lowest BCUT2D eigenvalue weighted by Crippen LogP contribution is -2.13. The zero-order valence-corrected chi connectivity index (χ0v) is 17.1. The highest BCUT2D eigenvalue weighted by atomic mass is 79.9. The van der Waals surface area contributed by atoms with E-state index in [0.29, 0.717) is 33.8 Å². The van der Waals surface area contributed by atoms with E-state index in [1.54, 1.807) is 31.4 Å². The maximum absolute atomic E-state index is 12.4. The average Bonchev–Trinajstić information content (AvgIpc) is 2.66. The van der Waals surface area contributed by atoms with Gasteiger partial charge in [0.1, 0.15) is 11.6 Å². The number of rotatable bonds is 7. The largest absolute Gasteiger partial charge is 0.493 e. The van der Waals surface area contributed by atoms with Crippen molar-refractivity contribution in [1.82, 2.24) is 0 Å². The second kappa shape index (κ2) is 9.79. The van der Waals surface area contributed by atoms with Crippen molar-refractivity contribution in [2.75, 3.05) is 19.0 Å². The van der Waals surface area contributed by atoms with Gasteiger partial charge in [0.2, 0.25) is 0 Å². The molecular formula is C21H21BrN2O3. The van der Waals surface area contributed by atoms with Gasteiger partial charge in [-0.2, -0.15) is 5.26 Å². The van der Waals surface area contributed by atoms with E-state index in [1.807, 2.05) is 32.0 Å². The monoisotopic (exact) mass is 428 g/mol. The summed E-state index contributed by atoms with van der Waals surface area (Å²) in [5.41, 5.74) is 2.37. The van der Waals surface area contributed by atoms with Crippen LogP contribution in [0, 0.1) is 18.3 Å². The summed E-state index contributed by atoms with van der Waals surface area (Å²) in [6.45, 7) is 4.54. The van der Waals surface area contributed by atoms with Crippen LogP contribution in [0.15, 0.2) is 46.4 Å². The van der Waals surface area contributed by atoms with Crippen LogP contribution in [-0.2, 0) is 4.79 Å². The maximum atomic E-state index is 12.4. The van der Waals surface area contributed by atoms with Crippen molar-refractivity contribution in [3.63, 3.8) is 0 Å². The molecule has 2 aromatic rings. The third-order valence-electron chi connectivity index (χ3n) is 3.69. The molecule has 0 bridgehead atoms. The van der Waals surface area contributed by atoms with E-state index in [1.165, 1.54) is 6.08 Å². The average molecular weight is 429 g/mol. The first kappa shape index (κ1) is 20.5. The van der Waals surface area contributed by atoms with Gasteiger partial charge in [0.15, 0.2) is 11.5 Å². The quantitative estimate of drug-likeness (QED) is 0.491. The third-order valence-corrected chi connectivity index (χ3v) is 4.28. The molecule has 0 atom stereocenters. The second-order valence-electron chi connectivity index (χ2n) is 5.87. The molecule has 1 amide bonds. The Bertz CT molecular complexity index is 884. The minimum absolute atomic E-state index is 0.00763. The molecule has 0 aromatic heterocycles. The summed E-state index contributed by atoms with van der Waals surface area (Å²) < 4.78 is 11.8. The molecule has 6 heteroatoms. The summed E-state index contributed by atoms with van der Waals surface area (Å²) >= 11 is 3.46. The SMILES string of the molecule is CCCOc1c(Br)cc(/C=C(\C#N)C(=O)Nc2ccc(C)cc2)cc1OC. The minimum Gasteiger partial charge on any atom is -0.493 e. The smallest absolute Gasteiger partial charge is 0.266 e. The molecule has 0 unspecified atom stereocenters. The number of amides is 1. The number of halogens is 1. The number of carbonyl (C=O) groups excluding carboxylic acids is 1. The van der Waals surface area contributed by atoms with Gasteiger partial charge in [-0.05, 0) is 65.2 Å². The van der Waals surface area contributed by atoms with Crippen LogP contribution in [0.5, 0.6) is 11.5 Å². The molecule has 0 aliphatic heterocycles. The molecule has 140 valence electrons. The zero-order chi connectivity index (χ0) is 19.8. The van der Waals surface area contributed by atoms with Crippen LogP contribution in [0.1, 0.15) is 24.5 Å². The summed E-state index contributed by atoms with van der Waals surface area (Å²) in [6, 6.07) is 12.8. The lowest BCUT2D eigenvalue weighted by Gasteiger charge is -2.13. The highest BCUT2D eigenvalue weighted by Gasteiger charge is 2.14. The molecule has 0 aliphatic carbocycles. The van der Waals surface area contributed by atoms with Crippen LogP contribution < -0.4 is 14.8 Å². The number of hydrogen-bond acceptors (Lipinski definition) is 4. The summed E-state index contributed by atoms with van der Waals surface area (Å²) in [6.07, 6.45) is 2.38. The van der Waals surface area contributed by atoms with Crippen molar-refractivity contribution in [2.45, 2.75) is 20.3 Å². The lowest BCUT2D eigenvalue weighted by molar-refractivity contribution is -0.112. The molecule has 0 heterocycles. The molecule has 0 saturated heterocycles. The third kappa shape index (κ3) is 5.60. The Morgan fingerprint density at radius 3 is 2.59 bits per heavy atom. The molecule has 0 fully saturated rings. The highest BCUT2D eigenvalue weighted by Crippen LogP contribution is 2.37. The van der Waals surface area contributed by atoms with E-state index < -0.39 is 5.91 Å². The Balaban J connectivity index is 2.28. The topological polar surface area (TPSA) is 71.3 Å². The van der Waals surface area contributed by atoms with E-state index in [4.69, 9.17) is 9.47 Å². The van der Waals surface area contributed by atoms with Crippen molar-refractivity contribution in [1.29, 1.82) is 5.26 Å². The molecule has 5 nitrogen and oxygen atoms in total. The standard InChI is InChI=1S/C21H21BrN2O3/c1-4-9-27-20-18(22)11-15(12-19(20)26-3)10-16(13-23)21(25)24-17-7-5-14(2)6-8-17/h5-8,10-12H,4,9H2,1-3H3,(H,24,25)/b16-10+. The molecule has 0 aliphatic rings. The molecule has 1 N–H and O–H groups in total. The second-order valence-corrected chi connectivity index (χ2v) is 6.73. The Hall–Kier alpha value is -2.78. The molecule has 0 spiro atoms. The van der Waals surface area contributed by atoms with Crippen LogP contribution in [-0.4, -0.2) is 19.6 Å². The summed E-state index contributed by atoms with van der Waals surface area (Å²) in [5, 5.41) is 12.1. The fraction of sp³-hybridized carbons (Fsp3) is 0.238. The Kier molecular flexibility index (Phi) is 7.44. The van der Waals surface area contributed by atoms with E-state index in [9.17, 15) is 10.1 Å². The van der Waals surface area contributed by atoms with E-state index >= 15 is 0 Å². The number of carbonyl (C=O) groups is 1. The Morgan fingerprint density at radius 1 is 1.30 bits per heavy atom. The molecule has 2 aromatic carbocycles. The van der Waals surface area contributed by atoms with E-state index in [-0.39, 0.29) is 5.57 Å². The van der Waals surface area contributed by atoms with Gasteiger partial charge >= 0.3 is 0 Å². The Labute approximate surface area is 167 Å². The van der Waals surface area contributed by atoms with Gasteiger partial charge in [0.05, 0.1) is 18.2 Å². The van der Waals surface area contributed by atoms with Gasteiger partial charge in [-0.15, -0.1) is 0 Å². The van der Waals surface area contributed by atoms with Crippen molar-refractivity contribution < 1.29 is 14.3 Å². The maximum Gasteiger partial charge on any atom is 0.266 e. The van der Waals surface area contributed by atoms with Crippen LogP contribution in [0.4, 0.5) is 5.69 Å². The number of nitrogens with one attached hydrogen (secondary N) is 1. The number of nitriles is 1. The first-order valence-corrected chi connectivity index (χ1v) is 9.28. The number of hydrogen-bond donors (Lipinski definition) is 1. The van der Waals surface area contributed by atoms with E-state index in [2.05, 4.69) is 21.2 Å². The van der Waals surface area contributed by atoms with Crippen LogP contribution in [0.3, 0.4) is 0 Å². The number of aryl methyl sites for hydroxylation is 1. The van der Waals surface area contributed by atoms with Gasteiger partial charge in [0.25, 0.3) is 5.91 Å². The number of anilines is 1. The molecule has 0 radical (unpaired) electrons. The van der Waals surface area contributed by atoms with Crippen LogP contribution in [0.25, 0.3) is 6.08 Å². The summed E-state index contributed by atoms with van der Waals surface area (Å²) in [5.74, 6) is 0.655. The van der Waals surface area contributed by atoms with Crippen molar-refractivity contribution in [3.8, 4) is 17.6 Å². The molecule has 0 saturated carbocycles. The summed E-state index contributed by atoms with van der Waals surface area (Å²) in [4.78, 5) is 12.4. The first-order valence-electron chi connectivity index (χ1n) is 8.48. The Morgan fingerprint density at radius 2 is 2.00 bits per heavy atom. The predicted molar refractivity (Wildman–Crippen MR) is 110 cm³/mol. The number of nitrogens with zero attached hydrogens (tertiary/aromatic N) is 1. The fourth-order valence-electron chi connectivity index (χ4n) is 2.32. The first-order chi connectivity index (χ1) is 13.0. The van der Waals surface area contributed by atoms with Gasteiger partial charge in [0, 0.05) is 5.69 Å². The lowest BCUT2D eigenvalue weighted by atomic mass is 10.1. The summed E-state index contributed by atoms with van der Waals surface area (Å²) in [7, 11) is 1.55. The fourth-order valence-corrected chi connectivity index (χ4v) is 2.89. The van der Waals surface area contributed by atoms with Gasteiger partial charge < -0.3 is 14.8 Å². The molecule has 2 rings (SSSR count). The van der Waals surface area contributed by atoms with Crippen molar-refractivity contribution >= 4 is 33.6 Å². The van der Waals surface area contributed by atoms with Crippen LogP contribution in [0.2, 0.25) is 0 Å². The minimum atomic E-state index is -0.470. The predicted octanol–water partition coefficient (Wildman–Crippen LogP) is 5.10. The zero-order valence-electron chi connectivity index (χ0n) is 15.5. The van der Waals surface area contributed by atoms with Gasteiger partial charge in [-0.3, -0.25) is 4.79 Å².